The van der Waals surface area contributed by atoms with Gasteiger partial charge in [0, 0.05) is 13.0 Å². The molecule has 0 aromatic heterocycles. The second-order valence-electron chi connectivity index (χ2n) is 4.88. The molecule has 1 nitrogen and oxygen atoms in total. The van der Waals surface area contributed by atoms with Crippen LogP contribution in [-0.2, 0) is 0 Å². The van der Waals surface area contributed by atoms with Crippen molar-refractivity contribution in [2.75, 3.05) is 6.61 Å². The fraction of sp³-hybridized carbons (Fsp3) is 0.818. The topological polar surface area (TPSA) is 20.2 Å². The van der Waals surface area contributed by atoms with Crippen LogP contribution in [0, 0.1) is 23.3 Å². The number of aliphatic hydroxyl groups is 1. The Kier molecular flexibility index (Phi) is 4.55. The van der Waals surface area contributed by atoms with Crippen LogP contribution in [0.4, 0.5) is 0 Å². The fourth-order valence-electron chi connectivity index (χ4n) is 0.843. The molecule has 0 saturated carbocycles. The van der Waals surface area contributed by atoms with Crippen LogP contribution in [0.2, 0.25) is 19.6 Å². The van der Waals surface area contributed by atoms with Gasteiger partial charge in [-0.15, -0.1) is 11.5 Å². The van der Waals surface area contributed by atoms with Crippen LogP contribution in [-0.4, -0.2) is 21.2 Å². The third kappa shape index (κ3) is 6.86. The van der Waals surface area contributed by atoms with E-state index < -0.39 is 8.07 Å². The molecular weight excluding hydrogens is 176 g/mol. The van der Waals surface area contributed by atoms with Crippen LogP contribution >= 0.6 is 0 Å². The van der Waals surface area contributed by atoms with Gasteiger partial charge in [0.15, 0.2) is 0 Å². The van der Waals surface area contributed by atoms with Crippen molar-refractivity contribution in [1.29, 1.82) is 1.43 Å². The predicted molar refractivity (Wildman–Crippen MR) is 61.2 cm³/mol. The average molecular weight is 200 g/mol. The van der Waals surface area contributed by atoms with Crippen molar-refractivity contribution in [1.82, 2.24) is 0 Å². The van der Waals surface area contributed by atoms with E-state index >= 15 is 0 Å². The standard InChI is InChI=1S/C11H22OSi/c1-10(11(2)9-12)7-6-8-13(3,4)5/h10-12H,7,9H2,1-5H3/t10-,11+/m1/s1/i12T. The lowest BCUT2D eigenvalue weighted by Gasteiger charge is -2.14. The molecule has 0 aliphatic heterocycles. The first-order chi connectivity index (χ1) is 6.37. The number of aliphatic hydroxyl groups excluding tert-OH is 1. The third-order valence-electron chi connectivity index (χ3n) is 2.12. The first kappa shape index (κ1) is 10.8. The van der Waals surface area contributed by atoms with Gasteiger partial charge >= 0.3 is 0 Å². The van der Waals surface area contributed by atoms with Gasteiger partial charge in [-0.2, -0.15) is 0 Å². The maximum absolute atomic E-state index is 6.67. The first-order valence-electron chi connectivity index (χ1n) is 5.36. The molecule has 0 aliphatic carbocycles. The van der Waals surface area contributed by atoms with Crippen LogP contribution in [0.3, 0.4) is 0 Å². The largest absolute Gasteiger partial charge is 0.396 e. The van der Waals surface area contributed by atoms with Crippen LogP contribution in [0.5, 0.6) is 0 Å². The van der Waals surface area contributed by atoms with Crippen molar-refractivity contribution >= 4 is 8.07 Å². The van der Waals surface area contributed by atoms with Crippen molar-refractivity contribution in [3.05, 3.63) is 0 Å². The molecule has 0 amide bonds. The lowest BCUT2D eigenvalue weighted by molar-refractivity contribution is 0.197. The van der Waals surface area contributed by atoms with Crippen LogP contribution < -0.4 is 0 Å². The highest BCUT2D eigenvalue weighted by Crippen LogP contribution is 2.13. The maximum Gasteiger partial charge on any atom is 0.210 e. The second-order valence-corrected chi connectivity index (χ2v) is 9.63. The maximum atomic E-state index is 6.67. The summed E-state index contributed by atoms with van der Waals surface area (Å²) < 4.78 is 6.67. The SMILES string of the molecule is [3H]OC[C@H](C)[C@H](C)CC#C[Si](C)(C)C. The van der Waals surface area contributed by atoms with E-state index in [0.717, 1.165) is 6.42 Å². The normalized spacial score (nSPS) is 16.8. The summed E-state index contributed by atoms with van der Waals surface area (Å²) in [5, 5.41) is 4.38. The lowest BCUT2D eigenvalue weighted by atomic mass is 9.94. The molecule has 0 aromatic rings. The molecule has 0 rings (SSSR count). The summed E-state index contributed by atoms with van der Waals surface area (Å²) in [7, 11) is -1.21. The van der Waals surface area contributed by atoms with E-state index in [1.54, 1.807) is 0 Å². The van der Waals surface area contributed by atoms with Crippen molar-refractivity contribution in [3.63, 3.8) is 0 Å². The highest BCUT2D eigenvalue weighted by atomic mass is 28.3. The smallest absolute Gasteiger partial charge is 0.210 e. The van der Waals surface area contributed by atoms with E-state index in [0.29, 0.717) is 18.4 Å². The highest BCUT2D eigenvalue weighted by molar-refractivity contribution is 6.83. The Labute approximate surface area is 85.1 Å². The molecule has 0 radical (unpaired) electrons. The Bertz CT molecular complexity index is 212. The molecule has 13 heavy (non-hydrogen) atoms. The molecule has 0 unspecified atom stereocenters. The third-order valence-corrected chi connectivity index (χ3v) is 3.05. The van der Waals surface area contributed by atoms with Gasteiger partial charge < -0.3 is 5.11 Å². The summed E-state index contributed by atoms with van der Waals surface area (Å²) in [6.07, 6.45) is 0.925. The Morgan fingerprint density at radius 3 is 2.38 bits per heavy atom. The van der Waals surface area contributed by atoms with Crippen molar-refractivity contribution in [2.45, 2.75) is 39.9 Å². The quantitative estimate of drug-likeness (QED) is 0.546. The summed E-state index contributed by atoms with van der Waals surface area (Å²) in [5.74, 6) is 4.20. The second kappa shape index (κ2) is 5.46. The number of rotatable bonds is 4. The molecule has 0 fully saturated rings. The Morgan fingerprint density at radius 1 is 1.31 bits per heavy atom. The molecule has 0 heterocycles. The molecule has 0 spiro atoms. The number of hydrogen-bond donors (Lipinski definition) is 1. The van der Waals surface area contributed by atoms with Gasteiger partial charge in [0.1, 0.15) is 8.07 Å². The van der Waals surface area contributed by atoms with E-state index in [1.807, 2.05) is 0 Å². The molecule has 0 aromatic carbocycles. The van der Waals surface area contributed by atoms with Gasteiger partial charge in [-0.05, 0) is 11.8 Å². The van der Waals surface area contributed by atoms with Gasteiger partial charge in [-0.1, -0.05) is 33.5 Å². The van der Waals surface area contributed by atoms with Crippen LogP contribution in [0.15, 0.2) is 0 Å². The molecule has 2 heteroatoms. The zero-order valence-electron chi connectivity index (χ0n) is 10.5. The van der Waals surface area contributed by atoms with Crippen LogP contribution in [0.1, 0.15) is 20.3 Å². The van der Waals surface area contributed by atoms with E-state index in [2.05, 4.69) is 50.1 Å². The number of hydrogen-bond acceptors (Lipinski definition) is 1. The minimum absolute atomic E-state index is 0.420. The molecule has 2 atom stereocenters. The molecule has 1 N–H and O–H groups in total. The first-order valence-corrected chi connectivity index (χ1v) is 8.45. The van der Waals surface area contributed by atoms with E-state index in [1.165, 1.54) is 0 Å². The Hall–Kier alpha value is -0.263. The minimum atomic E-state index is -1.21. The highest BCUT2D eigenvalue weighted by Gasteiger charge is 2.10. The van der Waals surface area contributed by atoms with Gasteiger partial charge in [-0.25, -0.2) is 0 Å². The summed E-state index contributed by atoms with van der Waals surface area (Å²) in [6.45, 7) is 11.5. The Morgan fingerprint density at radius 2 is 1.92 bits per heavy atom. The molecule has 0 bridgehead atoms. The van der Waals surface area contributed by atoms with Gasteiger partial charge in [-0.3, -0.25) is 0 Å². The van der Waals surface area contributed by atoms with Crippen molar-refractivity contribution in [3.8, 4) is 11.5 Å². The van der Waals surface area contributed by atoms with Gasteiger partial charge in [0.05, 0.1) is 0 Å². The average Bonchev–Trinajstić information content (AvgIpc) is 2.02. The fourth-order valence-corrected chi connectivity index (χ4v) is 1.48. The summed E-state index contributed by atoms with van der Waals surface area (Å²) in [4.78, 5) is 0. The van der Waals surface area contributed by atoms with Gasteiger partial charge in [0.25, 0.3) is 0 Å². The molecule has 0 saturated heterocycles. The predicted octanol–water partition coefficient (Wildman–Crippen LogP) is 2.52. The summed E-state index contributed by atoms with van der Waals surface area (Å²) >= 11 is 0. The zero-order valence-corrected chi connectivity index (χ0v) is 10.5. The van der Waals surface area contributed by atoms with Crippen molar-refractivity contribution < 1.29 is 5.11 Å². The van der Waals surface area contributed by atoms with E-state index in [4.69, 9.17) is 1.43 Å². The molecule has 76 valence electrons. The Balaban J connectivity index is 3.93. The molecule has 0 aliphatic rings. The van der Waals surface area contributed by atoms with E-state index in [-0.39, 0.29) is 0 Å². The van der Waals surface area contributed by atoms with Crippen LogP contribution in [0.25, 0.3) is 0 Å². The minimum Gasteiger partial charge on any atom is -0.396 e. The zero-order chi connectivity index (χ0) is 11.2. The molecular formula is C11H22OSi. The summed E-state index contributed by atoms with van der Waals surface area (Å²) in [6, 6.07) is 0. The van der Waals surface area contributed by atoms with E-state index in [9.17, 15) is 0 Å². The summed E-state index contributed by atoms with van der Waals surface area (Å²) in [5.41, 5.74) is 3.35. The van der Waals surface area contributed by atoms with Gasteiger partial charge in [0.2, 0.25) is 1.43 Å². The van der Waals surface area contributed by atoms with Crippen molar-refractivity contribution in [2.24, 2.45) is 11.8 Å². The lowest BCUT2D eigenvalue weighted by Crippen LogP contribution is -2.17. The monoisotopic (exact) mass is 200 g/mol.